The van der Waals surface area contributed by atoms with E-state index in [4.69, 9.17) is 16.6 Å². The van der Waals surface area contributed by atoms with Crippen LogP contribution >= 0.6 is 0 Å². The first-order chi connectivity index (χ1) is 15.1. The first-order valence-corrected chi connectivity index (χ1v) is 10.5. The monoisotopic (exact) mass is 473 g/mol. The van der Waals surface area contributed by atoms with E-state index in [0.717, 1.165) is 0 Å². The molecule has 0 radical (unpaired) electrons. The summed E-state index contributed by atoms with van der Waals surface area (Å²) in [6, 6.07) is -5.04. The molecule has 0 aromatic rings. The van der Waals surface area contributed by atoms with E-state index < -0.39 is 78.5 Å². The van der Waals surface area contributed by atoms with E-state index in [9.17, 15) is 33.9 Å². The smallest absolute Gasteiger partial charge is 0.326 e. The van der Waals surface area contributed by atoms with Gasteiger partial charge in [-0.15, -0.1) is 0 Å². The predicted octanol–water partition coefficient (Wildman–Crippen LogP) is -1.70. The van der Waals surface area contributed by atoms with E-state index in [0.29, 0.717) is 0 Å². The summed E-state index contributed by atoms with van der Waals surface area (Å²) in [5, 5.41) is 25.4. The molecule has 0 aliphatic carbocycles. The molecular formula is C20H35N5O8. The molecule has 0 aliphatic heterocycles. The molecule has 4 amide bonds. The highest BCUT2D eigenvalue weighted by Crippen LogP contribution is 2.09. The normalized spacial score (nSPS) is 14.6. The molecule has 0 spiro atoms. The summed E-state index contributed by atoms with van der Waals surface area (Å²) >= 11 is 0. The van der Waals surface area contributed by atoms with Crippen LogP contribution in [-0.4, -0.2) is 69.9 Å². The summed E-state index contributed by atoms with van der Waals surface area (Å²) in [6.45, 7) is 6.83. The molecule has 0 saturated carbocycles. The van der Waals surface area contributed by atoms with Gasteiger partial charge in [0.2, 0.25) is 23.6 Å². The molecule has 4 unspecified atom stereocenters. The van der Waals surface area contributed by atoms with E-state index in [-0.39, 0.29) is 18.8 Å². The van der Waals surface area contributed by atoms with Crippen LogP contribution in [0.1, 0.15) is 53.4 Å². The van der Waals surface area contributed by atoms with Crippen molar-refractivity contribution in [3.63, 3.8) is 0 Å². The number of nitrogens with one attached hydrogen (secondary N) is 3. The van der Waals surface area contributed by atoms with Gasteiger partial charge in [0.15, 0.2) is 0 Å². The second-order valence-corrected chi connectivity index (χ2v) is 8.53. The first-order valence-electron chi connectivity index (χ1n) is 10.5. The maximum atomic E-state index is 12.8. The van der Waals surface area contributed by atoms with Crippen LogP contribution in [0.25, 0.3) is 0 Å². The molecule has 0 aliphatic rings. The lowest BCUT2D eigenvalue weighted by Gasteiger charge is -2.27. The van der Waals surface area contributed by atoms with Crippen molar-refractivity contribution in [2.24, 2.45) is 23.3 Å². The van der Waals surface area contributed by atoms with Crippen molar-refractivity contribution >= 4 is 35.6 Å². The van der Waals surface area contributed by atoms with Gasteiger partial charge in [0.1, 0.15) is 18.1 Å². The molecule has 0 bridgehead atoms. The Morgan fingerprint density at radius 3 is 1.79 bits per heavy atom. The summed E-state index contributed by atoms with van der Waals surface area (Å²) in [4.78, 5) is 71.1. The topological polar surface area (TPSA) is 231 Å². The number of hydrogen-bond acceptors (Lipinski definition) is 7. The lowest BCUT2D eigenvalue weighted by atomic mass is 9.99. The highest BCUT2D eigenvalue weighted by molar-refractivity contribution is 5.95. The van der Waals surface area contributed by atoms with E-state index >= 15 is 0 Å². The van der Waals surface area contributed by atoms with Crippen LogP contribution < -0.4 is 27.4 Å². The minimum Gasteiger partial charge on any atom is -0.481 e. The van der Waals surface area contributed by atoms with Crippen LogP contribution in [0, 0.1) is 11.8 Å². The van der Waals surface area contributed by atoms with E-state index in [2.05, 4.69) is 16.0 Å². The Morgan fingerprint density at radius 2 is 1.36 bits per heavy atom. The number of hydrogen-bond donors (Lipinski definition) is 7. The highest BCUT2D eigenvalue weighted by atomic mass is 16.4. The number of rotatable bonds is 15. The van der Waals surface area contributed by atoms with Crippen molar-refractivity contribution in [1.29, 1.82) is 0 Å². The molecule has 0 heterocycles. The van der Waals surface area contributed by atoms with Gasteiger partial charge in [0.25, 0.3) is 0 Å². The van der Waals surface area contributed by atoms with E-state index in [1.165, 1.54) is 0 Å². The van der Waals surface area contributed by atoms with Crippen molar-refractivity contribution in [2.75, 3.05) is 0 Å². The second kappa shape index (κ2) is 14.0. The van der Waals surface area contributed by atoms with E-state index in [1.54, 1.807) is 27.7 Å². The lowest BCUT2D eigenvalue weighted by molar-refractivity contribution is -0.143. The number of carboxylic acid groups (broad SMARTS) is 2. The van der Waals surface area contributed by atoms with Crippen LogP contribution in [0.4, 0.5) is 0 Å². The lowest BCUT2D eigenvalue weighted by Crippen LogP contribution is -2.58. The maximum Gasteiger partial charge on any atom is 0.326 e. The van der Waals surface area contributed by atoms with Gasteiger partial charge in [-0.3, -0.25) is 24.0 Å². The summed E-state index contributed by atoms with van der Waals surface area (Å²) in [5.41, 5.74) is 10.6. The van der Waals surface area contributed by atoms with Gasteiger partial charge in [-0.2, -0.15) is 0 Å². The van der Waals surface area contributed by atoms with Crippen LogP contribution in [-0.2, 0) is 28.8 Å². The zero-order valence-electron chi connectivity index (χ0n) is 19.3. The molecule has 0 saturated heterocycles. The third-order valence-electron chi connectivity index (χ3n) is 4.61. The molecule has 9 N–H and O–H groups in total. The van der Waals surface area contributed by atoms with Crippen LogP contribution in [0.2, 0.25) is 0 Å². The number of carbonyl (C=O) groups excluding carboxylic acids is 4. The van der Waals surface area contributed by atoms with Gasteiger partial charge in [-0.1, -0.05) is 27.7 Å². The van der Waals surface area contributed by atoms with Crippen LogP contribution in [0.3, 0.4) is 0 Å². The fourth-order valence-electron chi connectivity index (χ4n) is 2.87. The molecule has 33 heavy (non-hydrogen) atoms. The maximum absolute atomic E-state index is 12.8. The van der Waals surface area contributed by atoms with Gasteiger partial charge in [0, 0.05) is 6.42 Å². The predicted molar refractivity (Wildman–Crippen MR) is 116 cm³/mol. The summed E-state index contributed by atoms with van der Waals surface area (Å²) in [6.07, 6.45) is -1.09. The van der Waals surface area contributed by atoms with Crippen molar-refractivity contribution in [2.45, 2.75) is 77.5 Å². The van der Waals surface area contributed by atoms with Crippen molar-refractivity contribution in [1.82, 2.24) is 16.0 Å². The Labute approximate surface area is 192 Å². The number of aliphatic carboxylic acids is 2. The Bertz CT molecular complexity index is 740. The largest absolute Gasteiger partial charge is 0.481 e. The quantitative estimate of drug-likeness (QED) is 0.143. The minimum absolute atomic E-state index is 0.0151. The molecular weight excluding hydrogens is 438 g/mol. The van der Waals surface area contributed by atoms with Gasteiger partial charge in [-0.05, 0) is 24.7 Å². The van der Waals surface area contributed by atoms with Crippen molar-refractivity contribution in [3.05, 3.63) is 0 Å². The minimum atomic E-state index is -1.37. The SMILES string of the molecule is CC(C)CC(NC(=O)C(NC(=O)C(CCC(=O)O)NC(=O)C(N)CC(N)=O)C(C)C)C(=O)O. The molecule has 4 atom stereocenters. The highest BCUT2D eigenvalue weighted by Gasteiger charge is 2.32. The Balaban J connectivity index is 5.50. The van der Waals surface area contributed by atoms with Crippen LogP contribution in [0.15, 0.2) is 0 Å². The molecule has 0 aromatic heterocycles. The first kappa shape index (κ1) is 29.8. The Hall–Kier alpha value is -3.22. The Morgan fingerprint density at radius 1 is 0.818 bits per heavy atom. The molecule has 0 fully saturated rings. The van der Waals surface area contributed by atoms with E-state index in [1.807, 2.05) is 0 Å². The fourth-order valence-corrected chi connectivity index (χ4v) is 2.87. The summed E-state index contributed by atoms with van der Waals surface area (Å²) in [5.74, 6) is -6.25. The van der Waals surface area contributed by atoms with Crippen molar-refractivity contribution in [3.8, 4) is 0 Å². The van der Waals surface area contributed by atoms with Crippen LogP contribution in [0.5, 0.6) is 0 Å². The standard InChI is InChI=1S/C20H35N5O8/c1-9(2)7-13(20(32)33)24-19(31)16(10(3)4)25-18(30)12(5-6-15(27)28)23-17(29)11(21)8-14(22)26/h9-13,16H,5-8,21H2,1-4H3,(H2,22,26)(H,23,29)(H,24,31)(H,25,30)(H,27,28)(H,32,33). The summed E-state index contributed by atoms with van der Waals surface area (Å²) in [7, 11) is 0. The zero-order chi connectivity index (χ0) is 25.9. The summed E-state index contributed by atoms with van der Waals surface area (Å²) < 4.78 is 0. The number of primary amides is 1. The second-order valence-electron chi connectivity index (χ2n) is 8.53. The molecule has 188 valence electrons. The molecule has 0 rings (SSSR count). The third-order valence-corrected chi connectivity index (χ3v) is 4.61. The Kier molecular flexibility index (Phi) is 12.7. The average molecular weight is 474 g/mol. The fraction of sp³-hybridized carbons (Fsp3) is 0.700. The third kappa shape index (κ3) is 11.8. The van der Waals surface area contributed by atoms with Crippen molar-refractivity contribution < 1.29 is 39.0 Å². The molecule has 13 heteroatoms. The molecule has 0 aromatic carbocycles. The van der Waals surface area contributed by atoms with Gasteiger partial charge < -0.3 is 37.6 Å². The average Bonchev–Trinajstić information content (AvgIpc) is 2.66. The van der Waals surface area contributed by atoms with Gasteiger partial charge in [0.05, 0.1) is 12.5 Å². The number of amides is 4. The molecule has 13 nitrogen and oxygen atoms in total. The number of nitrogens with two attached hydrogens (primary N) is 2. The van der Waals surface area contributed by atoms with Gasteiger partial charge in [-0.25, -0.2) is 4.79 Å². The zero-order valence-corrected chi connectivity index (χ0v) is 19.3. The number of carbonyl (C=O) groups is 6. The number of carboxylic acids is 2. The van der Waals surface area contributed by atoms with Gasteiger partial charge >= 0.3 is 11.9 Å².